The third-order valence-corrected chi connectivity index (χ3v) is 5.72. The molecule has 0 unspecified atom stereocenters. The number of rotatable bonds is 6. The second-order valence-corrected chi connectivity index (χ2v) is 7.04. The standard InChI is InChI=1S/C17H15NO2S2/c1-2-7-18-14-10-12(5-3-8-19)21-16(14)17-15(18)11-13(22-17)6-4-9-20/h3-6,8-11H,2,7H2,1H3/b5-3+,6-4+. The van der Waals surface area contributed by atoms with Gasteiger partial charge >= 0.3 is 0 Å². The zero-order valence-electron chi connectivity index (χ0n) is 12.1. The van der Waals surface area contributed by atoms with Crippen LogP contribution < -0.4 is 0 Å². The van der Waals surface area contributed by atoms with Gasteiger partial charge in [0.25, 0.3) is 0 Å². The molecule has 112 valence electrons. The SMILES string of the molecule is CCCn1c2cc(/C=C/C=O)sc2c2sc(/C=C/C=O)cc21. The Morgan fingerprint density at radius 1 is 0.955 bits per heavy atom. The van der Waals surface area contributed by atoms with E-state index in [2.05, 4.69) is 23.6 Å². The highest BCUT2D eigenvalue weighted by molar-refractivity contribution is 7.28. The Labute approximate surface area is 136 Å². The van der Waals surface area contributed by atoms with Crippen LogP contribution in [0.1, 0.15) is 23.1 Å². The van der Waals surface area contributed by atoms with Crippen molar-refractivity contribution < 1.29 is 9.59 Å². The van der Waals surface area contributed by atoms with Crippen molar-refractivity contribution in [3.63, 3.8) is 0 Å². The van der Waals surface area contributed by atoms with Gasteiger partial charge < -0.3 is 4.57 Å². The Hall–Kier alpha value is -1.98. The molecule has 3 rings (SSSR count). The lowest BCUT2D eigenvalue weighted by atomic mass is 10.3. The first kappa shape index (κ1) is 14.9. The van der Waals surface area contributed by atoms with Gasteiger partial charge in [0, 0.05) is 16.3 Å². The lowest BCUT2D eigenvalue weighted by molar-refractivity contribution is -0.104. The Bertz CT molecular complexity index is 823. The summed E-state index contributed by atoms with van der Waals surface area (Å²) >= 11 is 3.40. The van der Waals surface area contributed by atoms with Gasteiger partial charge in [0.15, 0.2) is 0 Å². The quantitative estimate of drug-likeness (QED) is 0.483. The van der Waals surface area contributed by atoms with E-state index in [1.807, 2.05) is 12.2 Å². The largest absolute Gasteiger partial charge is 0.339 e. The fourth-order valence-corrected chi connectivity index (χ4v) is 4.85. The normalized spacial score (nSPS) is 12.2. The van der Waals surface area contributed by atoms with Crippen LogP contribution in [-0.2, 0) is 16.1 Å². The molecule has 0 bridgehead atoms. The Kier molecular flexibility index (Phi) is 4.36. The van der Waals surface area contributed by atoms with E-state index in [1.165, 1.54) is 32.6 Å². The van der Waals surface area contributed by atoms with Crippen LogP contribution in [0.2, 0.25) is 0 Å². The van der Waals surface area contributed by atoms with E-state index in [9.17, 15) is 9.59 Å². The van der Waals surface area contributed by atoms with E-state index in [-0.39, 0.29) is 0 Å². The van der Waals surface area contributed by atoms with Crippen molar-refractivity contribution >= 4 is 67.8 Å². The maximum Gasteiger partial charge on any atom is 0.142 e. The highest BCUT2D eigenvalue weighted by Crippen LogP contribution is 2.41. The predicted molar refractivity (Wildman–Crippen MR) is 95.7 cm³/mol. The molecule has 0 aliphatic heterocycles. The summed E-state index contributed by atoms with van der Waals surface area (Å²) in [4.78, 5) is 23.2. The monoisotopic (exact) mass is 329 g/mol. The molecule has 0 aliphatic rings. The average molecular weight is 329 g/mol. The summed E-state index contributed by atoms with van der Waals surface area (Å²) in [7, 11) is 0. The number of aromatic nitrogens is 1. The molecule has 0 saturated carbocycles. The maximum atomic E-state index is 10.5. The van der Waals surface area contributed by atoms with E-state index in [1.54, 1.807) is 22.7 Å². The number of carbonyl (C=O) groups excluding carboxylic acids is 2. The number of aldehydes is 2. The molecular weight excluding hydrogens is 314 g/mol. The summed E-state index contributed by atoms with van der Waals surface area (Å²) in [6.45, 7) is 3.12. The lowest BCUT2D eigenvalue weighted by Gasteiger charge is -2.02. The van der Waals surface area contributed by atoms with Gasteiger partial charge in [-0.25, -0.2) is 0 Å². The topological polar surface area (TPSA) is 39.1 Å². The minimum absolute atomic E-state index is 0.799. The number of carbonyl (C=O) groups is 2. The molecule has 5 heteroatoms. The number of nitrogens with zero attached hydrogens (tertiary/aromatic N) is 1. The molecule has 0 aromatic carbocycles. The van der Waals surface area contributed by atoms with Crippen molar-refractivity contribution in [2.45, 2.75) is 19.9 Å². The molecular formula is C17H15NO2S2. The number of hydrogen-bond donors (Lipinski definition) is 0. The molecule has 3 aromatic heterocycles. The Balaban J connectivity index is 2.21. The van der Waals surface area contributed by atoms with Crippen LogP contribution in [0.25, 0.3) is 32.6 Å². The second-order valence-electron chi connectivity index (χ2n) is 4.87. The van der Waals surface area contributed by atoms with Crippen molar-refractivity contribution in [2.75, 3.05) is 0 Å². The smallest absolute Gasteiger partial charge is 0.142 e. The molecule has 0 radical (unpaired) electrons. The Morgan fingerprint density at radius 3 is 1.86 bits per heavy atom. The summed E-state index contributed by atoms with van der Waals surface area (Å²) in [5.74, 6) is 0. The highest BCUT2D eigenvalue weighted by Gasteiger charge is 2.15. The van der Waals surface area contributed by atoms with Gasteiger partial charge in [0.1, 0.15) is 12.6 Å². The summed E-state index contributed by atoms with van der Waals surface area (Å²) in [5.41, 5.74) is 2.45. The average Bonchev–Trinajstić information content (AvgIpc) is 3.17. The molecule has 0 N–H and O–H groups in total. The third kappa shape index (κ3) is 2.58. The second kappa shape index (κ2) is 6.42. The highest BCUT2D eigenvalue weighted by atomic mass is 32.1. The number of aryl methyl sites for hydroxylation is 1. The van der Waals surface area contributed by atoms with Crippen LogP contribution in [0.4, 0.5) is 0 Å². The summed E-state index contributed by atoms with van der Waals surface area (Å²) in [5, 5.41) is 0. The van der Waals surface area contributed by atoms with Gasteiger partial charge in [-0.05, 0) is 42.9 Å². The fraction of sp³-hybridized carbons (Fsp3) is 0.176. The molecule has 3 nitrogen and oxygen atoms in total. The molecule has 0 spiro atoms. The van der Waals surface area contributed by atoms with Gasteiger partial charge in [-0.15, -0.1) is 22.7 Å². The molecule has 0 atom stereocenters. The van der Waals surface area contributed by atoms with Gasteiger partial charge in [-0.3, -0.25) is 9.59 Å². The van der Waals surface area contributed by atoms with Crippen LogP contribution in [0.5, 0.6) is 0 Å². The fourth-order valence-electron chi connectivity index (χ4n) is 2.55. The Morgan fingerprint density at radius 2 is 1.45 bits per heavy atom. The van der Waals surface area contributed by atoms with Crippen LogP contribution >= 0.6 is 22.7 Å². The molecule has 3 aromatic rings. The maximum absolute atomic E-state index is 10.5. The van der Waals surface area contributed by atoms with Crippen molar-refractivity contribution in [2.24, 2.45) is 0 Å². The van der Waals surface area contributed by atoms with Gasteiger partial charge in [-0.2, -0.15) is 0 Å². The number of thiophene rings is 2. The van der Waals surface area contributed by atoms with E-state index < -0.39 is 0 Å². The zero-order chi connectivity index (χ0) is 15.5. The van der Waals surface area contributed by atoms with Gasteiger partial charge in [0.2, 0.25) is 0 Å². The molecule has 3 heterocycles. The minimum atomic E-state index is 0.799. The first-order valence-corrected chi connectivity index (χ1v) is 8.71. The number of hydrogen-bond acceptors (Lipinski definition) is 4. The van der Waals surface area contributed by atoms with Crippen LogP contribution in [-0.4, -0.2) is 17.1 Å². The van der Waals surface area contributed by atoms with Gasteiger partial charge in [0.05, 0.1) is 20.4 Å². The lowest BCUT2D eigenvalue weighted by Crippen LogP contribution is -1.94. The summed E-state index contributed by atoms with van der Waals surface area (Å²) < 4.78 is 4.84. The van der Waals surface area contributed by atoms with E-state index in [0.717, 1.165) is 35.3 Å². The first-order chi connectivity index (χ1) is 10.8. The predicted octanol–water partition coefficient (Wildman–Crippen LogP) is 4.75. The van der Waals surface area contributed by atoms with Crippen molar-refractivity contribution in [3.8, 4) is 0 Å². The molecule has 0 aliphatic carbocycles. The first-order valence-electron chi connectivity index (χ1n) is 7.07. The number of fused-ring (bicyclic) bond motifs is 3. The van der Waals surface area contributed by atoms with Crippen LogP contribution in [0, 0.1) is 0 Å². The van der Waals surface area contributed by atoms with Crippen LogP contribution in [0.3, 0.4) is 0 Å². The van der Waals surface area contributed by atoms with E-state index in [4.69, 9.17) is 0 Å². The summed E-state index contributed by atoms with van der Waals surface area (Å²) in [6.07, 6.45) is 9.41. The van der Waals surface area contributed by atoms with Gasteiger partial charge in [-0.1, -0.05) is 6.92 Å². The number of allylic oxidation sites excluding steroid dienone is 2. The molecule has 0 fully saturated rings. The van der Waals surface area contributed by atoms with Crippen molar-refractivity contribution in [1.82, 2.24) is 4.57 Å². The molecule has 0 saturated heterocycles. The summed E-state index contributed by atoms with van der Waals surface area (Å²) in [6, 6.07) is 4.28. The van der Waals surface area contributed by atoms with Crippen molar-refractivity contribution in [1.29, 1.82) is 0 Å². The minimum Gasteiger partial charge on any atom is -0.339 e. The van der Waals surface area contributed by atoms with E-state index in [0.29, 0.717) is 0 Å². The van der Waals surface area contributed by atoms with Crippen molar-refractivity contribution in [3.05, 3.63) is 34.0 Å². The molecule has 0 amide bonds. The zero-order valence-corrected chi connectivity index (χ0v) is 13.7. The molecule has 22 heavy (non-hydrogen) atoms. The van der Waals surface area contributed by atoms with E-state index >= 15 is 0 Å². The third-order valence-electron chi connectivity index (χ3n) is 3.38. The van der Waals surface area contributed by atoms with Crippen LogP contribution in [0.15, 0.2) is 24.3 Å².